The molecule has 5 nitrogen and oxygen atoms in total. The highest BCUT2D eigenvalue weighted by atomic mass is 35.5. The topological polar surface area (TPSA) is 49.9 Å². The van der Waals surface area contributed by atoms with Crippen molar-refractivity contribution in [3.05, 3.63) is 11.1 Å². The fourth-order valence-electron chi connectivity index (χ4n) is 3.18. The third kappa shape index (κ3) is 2.62. The third-order valence-corrected chi connectivity index (χ3v) is 4.71. The SMILES string of the molecule is O=C1[C@H]2CC=C(Cl)C[C@H]2C(=O)N1CCN1CCOCC1. The monoisotopic (exact) mass is 298 g/mol. The lowest BCUT2D eigenvalue weighted by molar-refractivity contribution is -0.140. The van der Waals surface area contributed by atoms with Crippen LogP contribution in [0.25, 0.3) is 0 Å². The van der Waals surface area contributed by atoms with Gasteiger partial charge in [0.1, 0.15) is 0 Å². The molecule has 0 aromatic carbocycles. The molecule has 2 amide bonds. The Morgan fingerprint density at radius 2 is 1.85 bits per heavy atom. The molecule has 2 fully saturated rings. The maximum atomic E-state index is 12.3. The van der Waals surface area contributed by atoms with Crippen LogP contribution in [-0.4, -0.2) is 61.0 Å². The number of fused-ring (bicyclic) bond motifs is 1. The quantitative estimate of drug-likeness (QED) is 0.725. The summed E-state index contributed by atoms with van der Waals surface area (Å²) in [6, 6.07) is 0. The van der Waals surface area contributed by atoms with Crippen LogP contribution in [0.2, 0.25) is 0 Å². The zero-order valence-electron chi connectivity index (χ0n) is 11.4. The molecule has 0 aromatic rings. The van der Waals surface area contributed by atoms with Crippen LogP contribution in [0.5, 0.6) is 0 Å². The minimum atomic E-state index is -0.232. The second-order valence-corrected chi connectivity index (χ2v) is 6.07. The smallest absolute Gasteiger partial charge is 0.233 e. The first-order chi connectivity index (χ1) is 9.66. The number of rotatable bonds is 3. The Labute approximate surface area is 123 Å². The van der Waals surface area contributed by atoms with Crippen molar-refractivity contribution in [2.75, 3.05) is 39.4 Å². The van der Waals surface area contributed by atoms with E-state index in [9.17, 15) is 9.59 Å². The Balaban J connectivity index is 1.60. The second kappa shape index (κ2) is 5.84. The molecule has 2 aliphatic heterocycles. The van der Waals surface area contributed by atoms with E-state index >= 15 is 0 Å². The molecule has 2 heterocycles. The van der Waals surface area contributed by atoms with Crippen molar-refractivity contribution in [3.63, 3.8) is 0 Å². The van der Waals surface area contributed by atoms with E-state index in [1.807, 2.05) is 6.08 Å². The van der Waals surface area contributed by atoms with Gasteiger partial charge >= 0.3 is 0 Å². The van der Waals surface area contributed by atoms with Crippen LogP contribution in [0.1, 0.15) is 12.8 Å². The maximum Gasteiger partial charge on any atom is 0.233 e. The Hall–Kier alpha value is -0.910. The van der Waals surface area contributed by atoms with Crippen molar-refractivity contribution in [1.29, 1.82) is 0 Å². The van der Waals surface area contributed by atoms with Crippen LogP contribution in [0, 0.1) is 11.8 Å². The van der Waals surface area contributed by atoms with Crippen LogP contribution < -0.4 is 0 Å². The number of amides is 2. The normalized spacial score (nSPS) is 31.4. The lowest BCUT2D eigenvalue weighted by Gasteiger charge is -2.28. The number of hydrogen-bond donors (Lipinski definition) is 0. The summed E-state index contributed by atoms with van der Waals surface area (Å²) in [6.07, 6.45) is 2.99. The van der Waals surface area contributed by atoms with Gasteiger partial charge in [-0.2, -0.15) is 0 Å². The summed E-state index contributed by atoms with van der Waals surface area (Å²) in [5.74, 6) is -0.479. The van der Waals surface area contributed by atoms with Gasteiger partial charge in [-0.15, -0.1) is 0 Å². The van der Waals surface area contributed by atoms with Crippen LogP contribution >= 0.6 is 11.6 Å². The molecule has 0 saturated carbocycles. The number of ether oxygens (including phenoxy) is 1. The van der Waals surface area contributed by atoms with E-state index in [2.05, 4.69) is 4.90 Å². The number of allylic oxidation sites excluding steroid dienone is 2. The number of hydrogen-bond acceptors (Lipinski definition) is 4. The largest absolute Gasteiger partial charge is 0.379 e. The summed E-state index contributed by atoms with van der Waals surface area (Å²) in [6.45, 7) is 4.43. The van der Waals surface area contributed by atoms with Crippen molar-refractivity contribution in [1.82, 2.24) is 9.80 Å². The minimum Gasteiger partial charge on any atom is -0.379 e. The van der Waals surface area contributed by atoms with Gasteiger partial charge in [0, 0.05) is 31.2 Å². The number of carbonyl (C=O) groups excluding carboxylic acids is 2. The van der Waals surface area contributed by atoms with Gasteiger partial charge in [0.05, 0.1) is 25.0 Å². The summed E-state index contributed by atoms with van der Waals surface area (Å²) < 4.78 is 5.29. The number of halogens is 1. The van der Waals surface area contributed by atoms with Crippen LogP contribution in [0.4, 0.5) is 0 Å². The Kier molecular flexibility index (Phi) is 4.10. The van der Waals surface area contributed by atoms with Gasteiger partial charge in [-0.25, -0.2) is 0 Å². The van der Waals surface area contributed by atoms with E-state index in [4.69, 9.17) is 16.3 Å². The molecular formula is C14H19ClN2O3. The van der Waals surface area contributed by atoms with Crippen molar-refractivity contribution < 1.29 is 14.3 Å². The van der Waals surface area contributed by atoms with Crippen molar-refractivity contribution in [3.8, 4) is 0 Å². The minimum absolute atomic E-state index is 0.0197. The molecule has 0 radical (unpaired) electrons. The average Bonchev–Trinajstić information content (AvgIpc) is 2.70. The van der Waals surface area contributed by atoms with Gasteiger partial charge < -0.3 is 4.74 Å². The van der Waals surface area contributed by atoms with Gasteiger partial charge in [-0.1, -0.05) is 17.7 Å². The standard InChI is InChI=1S/C14H19ClN2O3/c15-10-1-2-11-12(9-10)14(19)17(13(11)18)4-3-16-5-7-20-8-6-16/h1,11-12H,2-9H2/t11-,12+/m0/s1. The summed E-state index contributed by atoms with van der Waals surface area (Å²) >= 11 is 6.00. The fourth-order valence-corrected chi connectivity index (χ4v) is 3.44. The lowest BCUT2D eigenvalue weighted by atomic mass is 9.85. The fraction of sp³-hybridized carbons (Fsp3) is 0.714. The zero-order chi connectivity index (χ0) is 14.1. The first-order valence-electron chi connectivity index (χ1n) is 7.16. The first-order valence-corrected chi connectivity index (χ1v) is 7.54. The molecule has 3 aliphatic rings. The molecule has 6 heteroatoms. The third-order valence-electron chi connectivity index (χ3n) is 4.40. The molecule has 2 atom stereocenters. The Morgan fingerprint density at radius 3 is 2.60 bits per heavy atom. The molecule has 0 unspecified atom stereocenters. The van der Waals surface area contributed by atoms with E-state index in [0.29, 0.717) is 24.4 Å². The van der Waals surface area contributed by atoms with Gasteiger partial charge in [-0.05, 0) is 12.8 Å². The van der Waals surface area contributed by atoms with Crippen LogP contribution in [0.3, 0.4) is 0 Å². The molecule has 0 N–H and O–H groups in total. The van der Waals surface area contributed by atoms with Gasteiger partial charge in [0.25, 0.3) is 0 Å². The van der Waals surface area contributed by atoms with E-state index in [1.165, 1.54) is 4.90 Å². The molecule has 0 aromatic heterocycles. The molecule has 1 aliphatic carbocycles. The van der Waals surface area contributed by atoms with E-state index in [0.717, 1.165) is 32.8 Å². The molecule has 0 bridgehead atoms. The first kappa shape index (κ1) is 14.0. The Bertz CT molecular complexity index is 446. The number of likely N-dealkylation sites (tertiary alicyclic amines) is 1. The lowest BCUT2D eigenvalue weighted by Crippen LogP contribution is -2.43. The molecular weight excluding hydrogens is 280 g/mol. The molecule has 3 rings (SSSR count). The average molecular weight is 299 g/mol. The summed E-state index contributed by atoms with van der Waals surface area (Å²) in [5.41, 5.74) is 0. The predicted octanol–water partition coefficient (Wildman–Crippen LogP) is 0.836. The number of carbonyl (C=O) groups is 2. The highest BCUT2D eigenvalue weighted by molar-refractivity contribution is 6.30. The van der Waals surface area contributed by atoms with Gasteiger partial charge in [0.2, 0.25) is 11.8 Å². The van der Waals surface area contributed by atoms with Crippen LogP contribution in [-0.2, 0) is 14.3 Å². The van der Waals surface area contributed by atoms with Crippen molar-refractivity contribution in [2.45, 2.75) is 12.8 Å². The zero-order valence-corrected chi connectivity index (χ0v) is 12.1. The molecule has 2 saturated heterocycles. The number of imide groups is 1. The summed E-state index contributed by atoms with van der Waals surface area (Å²) in [7, 11) is 0. The maximum absolute atomic E-state index is 12.3. The molecule has 20 heavy (non-hydrogen) atoms. The van der Waals surface area contributed by atoms with Crippen molar-refractivity contribution in [2.24, 2.45) is 11.8 Å². The highest BCUT2D eigenvalue weighted by Gasteiger charge is 2.48. The van der Waals surface area contributed by atoms with Crippen molar-refractivity contribution >= 4 is 23.4 Å². The summed E-state index contributed by atoms with van der Waals surface area (Å²) in [5, 5.41) is 0.711. The van der Waals surface area contributed by atoms with Gasteiger partial charge in [-0.3, -0.25) is 19.4 Å². The highest BCUT2D eigenvalue weighted by Crippen LogP contribution is 2.38. The molecule has 0 spiro atoms. The Morgan fingerprint density at radius 1 is 1.15 bits per heavy atom. The summed E-state index contributed by atoms with van der Waals surface area (Å²) in [4.78, 5) is 28.3. The number of morpholine rings is 1. The predicted molar refractivity (Wildman–Crippen MR) is 74.1 cm³/mol. The van der Waals surface area contributed by atoms with Gasteiger partial charge in [0.15, 0.2) is 0 Å². The second-order valence-electron chi connectivity index (χ2n) is 5.59. The van der Waals surface area contributed by atoms with E-state index in [1.54, 1.807) is 0 Å². The molecule has 110 valence electrons. The van der Waals surface area contributed by atoms with Crippen LogP contribution in [0.15, 0.2) is 11.1 Å². The number of nitrogens with zero attached hydrogens (tertiary/aromatic N) is 2. The van der Waals surface area contributed by atoms with E-state index < -0.39 is 0 Å². The van der Waals surface area contributed by atoms with E-state index in [-0.39, 0.29) is 23.7 Å².